The van der Waals surface area contributed by atoms with Gasteiger partial charge in [-0.3, -0.25) is 0 Å². The third-order valence-corrected chi connectivity index (χ3v) is 4.44. The minimum Gasteiger partial charge on any atom is -0.464 e. The molecule has 4 nitrogen and oxygen atoms in total. The van der Waals surface area contributed by atoms with Crippen molar-refractivity contribution >= 4 is 44.8 Å². The fourth-order valence-electron chi connectivity index (χ4n) is 2.49. The number of nitrogens with zero attached hydrogens (tertiary/aromatic N) is 1. The van der Waals surface area contributed by atoms with Crippen LogP contribution in [-0.4, -0.2) is 30.2 Å². The van der Waals surface area contributed by atoms with Crippen LogP contribution < -0.4 is 10.6 Å². The first-order valence-electron chi connectivity index (χ1n) is 6.68. The number of thiocarbonyl (C=S) groups is 1. The maximum absolute atomic E-state index is 14.5. The van der Waals surface area contributed by atoms with E-state index in [2.05, 4.69) is 15.9 Å². The molecule has 0 bridgehead atoms. The number of anilines is 1. The fraction of sp³-hybridized carbons (Fsp3) is 0.429. The van der Waals surface area contributed by atoms with Crippen LogP contribution in [0.1, 0.15) is 25.3 Å². The van der Waals surface area contributed by atoms with Crippen LogP contribution in [0.15, 0.2) is 16.6 Å². The van der Waals surface area contributed by atoms with E-state index < -0.39 is 11.9 Å². The van der Waals surface area contributed by atoms with Gasteiger partial charge in [0.1, 0.15) is 11.0 Å². The summed E-state index contributed by atoms with van der Waals surface area (Å²) in [5.74, 6) is -0.777. The largest absolute Gasteiger partial charge is 0.464 e. The Morgan fingerprint density at radius 1 is 1.62 bits per heavy atom. The third-order valence-electron chi connectivity index (χ3n) is 3.45. The standard InChI is InChI=1S/C14H16BrFN2O2S/c1-2-20-14(19)10-4-3-7-18(10)9-6-5-8(13(17)21)11(15)12(9)16/h5-6,10H,2-4,7H2,1H3,(H2,17,21). The highest BCUT2D eigenvalue weighted by Crippen LogP contribution is 2.34. The molecule has 1 unspecified atom stereocenters. The highest BCUT2D eigenvalue weighted by atomic mass is 79.9. The minimum atomic E-state index is -0.462. The monoisotopic (exact) mass is 374 g/mol. The van der Waals surface area contributed by atoms with Crippen molar-refractivity contribution in [2.45, 2.75) is 25.8 Å². The van der Waals surface area contributed by atoms with Crippen LogP contribution in [-0.2, 0) is 9.53 Å². The van der Waals surface area contributed by atoms with E-state index in [1.54, 1.807) is 24.0 Å². The number of carbonyl (C=O) groups is 1. The predicted molar refractivity (Wildman–Crippen MR) is 87.0 cm³/mol. The number of hydrogen-bond donors (Lipinski definition) is 1. The zero-order valence-corrected chi connectivity index (χ0v) is 14.0. The van der Waals surface area contributed by atoms with Gasteiger partial charge in [-0.2, -0.15) is 0 Å². The van der Waals surface area contributed by atoms with E-state index in [1.807, 2.05) is 0 Å². The molecule has 1 aromatic carbocycles. The van der Waals surface area contributed by atoms with Crippen LogP contribution in [0.25, 0.3) is 0 Å². The molecule has 1 heterocycles. The number of benzene rings is 1. The molecule has 1 saturated heterocycles. The molecule has 0 saturated carbocycles. The molecule has 1 fully saturated rings. The second-order valence-corrected chi connectivity index (χ2v) is 5.96. The number of esters is 1. The lowest BCUT2D eigenvalue weighted by atomic mass is 10.1. The average molecular weight is 375 g/mol. The average Bonchev–Trinajstić information content (AvgIpc) is 2.90. The highest BCUT2D eigenvalue weighted by molar-refractivity contribution is 9.10. The number of halogens is 2. The summed E-state index contributed by atoms with van der Waals surface area (Å²) in [6.45, 7) is 2.68. The normalized spacial score (nSPS) is 17.9. The smallest absolute Gasteiger partial charge is 0.328 e. The summed E-state index contributed by atoms with van der Waals surface area (Å²) in [6, 6.07) is 2.82. The molecule has 0 radical (unpaired) electrons. The molecule has 0 spiro atoms. The first-order valence-corrected chi connectivity index (χ1v) is 7.88. The summed E-state index contributed by atoms with van der Waals surface area (Å²) in [7, 11) is 0. The second-order valence-electron chi connectivity index (χ2n) is 4.73. The zero-order valence-electron chi connectivity index (χ0n) is 11.6. The fourth-order valence-corrected chi connectivity index (χ4v) is 3.34. The minimum absolute atomic E-state index is 0.121. The van der Waals surface area contributed by atoms with E-state index in [0.717, 1.165) is 6.42 Å². The lowest BCUT2D eigenvalue weighted by Crippen LogP contribution is -2.38. The van der Waals surface area contributed by atoms with Crippen molar-refractivity contribution in [3.63, 3.8) is 0 Å². The molecule has 1 atom stereocenters. The van der Waals surface area contributed by atoms with Crippen molar-refractivity contribution in [1.29, 1.82) is 0 Å². The number of hydrogen-bond acceptors (Lipinski definition) is 4. The number of nitrogens with two attached hydrogens (primary N) is 1. The molecule has 1 aromatic rings. The summed E-state index contributed by atoms with van der Waals surface area (Å²) >= 11 is 8.06. The Morgan fingerprint density at radius 2 is 2.33 bits per heavy atom. The van der Waals surface area contributed by atoms with E-state index in [1.165, 1.54) is 0 Å². The van der Waals surface area contributed by atoms with Gasteiger partial charge in [0.15, 0.2) is 5.82 Å². The van der Waals surface area contributed by atoms with Gasteiger partial charge in [0.2, 0.25) is 0 Å². The van der Waals surface area contributed by atoms with Gasteiger partial charge >= 0.3 is 5.97 Å². The Balaban J connectivity index is 2.35. The summed E-state index contributed by atoms with van der Waals surface area (Å²) in [5.41, 5.74) is 6.35. The van der Waals surface area contributed by atoms with Gasteiger partial charge in [0.05, 0.1) is 16.8 Å². The molecule has 7 heteroatoms. The van der Waals surface area contributed by atoms with Crippen molar-refractivity contribution in [1.82, 2.24) is 0 Å². The van der Waals surface area contributed by atoms with Crippen molar-refractivity contribution in [2.75, 3.05) is 18.1 Å². The van der Waals surface area contributed by atoms with Crippen LogP contribution in [0.5, 0.6) is 0 Å². The van der Waals surface area contributed by atoms with Gasteiger partial charge in [-0.25, -0.2) is 9.18 Å². The van der Waals surface area contributed by atoms with Gasteiger partial charge in [0, 0.05) is 12.1 Å². The summed E-state index contributed by atoms with van der Waals surface area (Å²) in [6.07, 6.45) is 1.48. The van der Waals surface area contributed by atoms with Crippen LogP contribution in [0, 0.1) is 5.82 Å². The SMILES string of the molecule is CCOC(=O)C1CCCN1c1ccc(C(N)=S)c(Br)c1F. The van der Waals surface area contributed by atoms with Gasteiger partial charge in [-0.1, -0.05) is 12.2 Å². The summed E-state index contributed by atoms with van der Waals surface area (Å²) < 4.78 is 19.8. The van der Waals surface area contributed by atoms with Crippen LogP contribution >= 0.6 is 28.1 Å². The maximum Gasteiger partial charge on any atom is 0.328 e. The molecule has 114 valence electrons. The van der Waals surface area contributed by atoms with Crippen molar-refractivity contribution in [2.24, 2.45) is 5.73 Å². The predicted octanol–water partition coefficient (Wildman–Crippen LogP) is 2.75. The van der Waals surface area contributed by atoms with Gasteiger partial charge in [-0.15, -0.1) is 0 Å². The van der Waals surface area contributed by atoms with Crippen molar-refractivity contribution in [3.8, 4) is 0 Å². The molecule has 1 aliphatic rings. The van der Waals surface area contributed by atoms with Gasteiger partial charge in [0.25, 0.3) is 0 Å². The Bertz CT molecular complexity index is 582. The molecular weight excluding hydrogens is 359 g/mol. The zero-order chi connectivity index (χ0) is 15.6. The van der Waals surface area contributed by atoms with E-state index in [0.29, 0.717) is 30.8 Å². The third kappa shape index (κ3) is 3.18. The lowest BCUT2D eigenvalue weighted by Gasteiger charge is -2.26. The van der Waals surface area contributed by atoms with E-state index >= 15 is 0 Å². The topological polar surface area (TPSA) is 55.6 Å². The number of rotatable bonds is 4. The molecule has 21 heavy (non-hydrogen) atoms. The maximum atomic E-state index is 14.5. The molecule has 0 aromatic heterocycles. The Kier molecular flexibility index (Phi) is 5.16. The van der Waals surface area contributed by atoms with E-state index in [9.17, 15) is 9.18 Å². The van der Waals surface area contributed by atoms with E-state index in [-0.39, 0.29) is 15.4 Å². The van der Waals surface area contributed by atoms with Crippen LogP contribution in [0.4, 0.5) is 10.1 Å². The Morgan fingerprint density at radius 3 is 2.95 bits per heavy atom. The first-order chi connectivity index (χ1) is 9.97. The number of ether oxygens (including phenoxy) is 1. The molecule has 2 rings (SSSR count). The molecular formula is C14H16BrFN2O2S. The van der Waals surface area contributed by atoms with Crippen molar-refractivity contribution in [3.05, 3.63) is 28.0 Å². The van der Waals surface area contributed by atoms with Gasteiger partial charge < -0.3 is 15.4 Å². The lowest BCUT2D eigenvalue weighted by molar-refractivity contribution is -0.144. The quantitative estimate of drug-likeness (QED) is 0.648. The number of carbonyl (C=O) groups excluding carboxylic acids is 1. The molecule has 2 N–H and O–H groups in total. The Hall–Kier alpha value is -1.21. The van der Waals surface area contributed by atoms with Crippen LogP contribution in [0.2, 0.25) is 0 Å². The Labute approximate surface area is 136 Å². The van der Waals surface area contributed by atoms with Crippen molar-refractivity contribution < 1.29 is 13.9 Å². The van der Waals surface area contributed by atoms with Crippen LogP contribution in [0.3, 0.4) is 0 Å². The first kappa shape index (κ1) is 16.2. The van der Waals surface area contributed by atoms with Gasteiger partial charge in [-0.05, 0) is 47.8 Å². The van der Waals surface area contributed by atoms with E-state index in [4.69, 9.17) is 22.7 Å². The highest BCUT2D eigenvalue weighted by Gasteiger charge is 2.34. The molecule has 1 aliphatic heterocycles. The summed E-state index contributed by atoms with van der Waals surface area (Å²) in [4.78, 5) is 13.8. The second kappa shape index (κ2) is 6.70. The molecule has 0 aliphatic carbocycles. The molecule has 0 amide bonds. The summed E-state index contributed by atoms with van der Waals surface area (Å²) in [5, 5.41) is 0.